The fourth-order valence-electron chi connectivity index (χ4n) is 1.99. The van der Waals surface area contributed by atoms with Gasteiger partial charge in [0, 0.05) is 11.8 Å². The molecule has 0 radical (unpaired) electrons. The second-order valence-electron chi connectivity index (χ2n) is 4.55. The van der Waals surface area contributed by atoms with Crippen LogP contribution in [0.25, 0.3) is 11.0 Å². The van der Waals surface area contributed by atoms with Crippen molar-refractivity contribution >= 4 is 16.8 Å². The lowest BCUT2D eigenvalue weighted by molar-refractivity contribution is 0.0991. The first-order valence-electron chi connectivity index (χ1n) is 6.28. The maximum atomic E-state index is 12.1. The van der Waals surface area contributed by atoms with Crippen molar-refractivity contribution in [3.05, 3.63) is 64.3 Å². The molecule has 6 nitrogen and oxygen atoms in total. The van der Waals surface area contributed by atoms with Crippen LogP contribution in [0.4, 0.5) is 0 Å². The van der Waals surface area contributed by atoms with Gasteiger partial charge in [0.05, 0.1) is 18.1 Å². The second kappa shape index (κ2) is 5.16. The molecule has 0 aliphatic carbocycles. The van der Waals surface area contributed by atoms with E-state index in [2.05, 4.69) is 15.0 Å². The first kappa shape index (κ1) is 13.0. The van der Waals surface area contributed by atoms with Crippen LogP contribution in [-0.4, -0.2) is 25.8 Å². The van der Waals surface area contributed by atoms with E-state index in [-0.39, 0.29) is 29.2 Å². The number of benzene rings is 1. The van der Waals surface area contributed by atoms with E-state index in [4.69, 9.17) is 0 Å². The summed E-state index contributed by atoms with van der Waals surface area (Å²) in [5.74, 6) is -0.157. The number of phenolic OH excluding ortho intramolecular Hbond substituents is 1. The molecule has 0 aliphatic heterocycles. The number of Topliss-reactive ketones (excluding diaryl/α,β-unsaturated/α-hetero) is 1. The standard InChI is InChI=1S/C15H11N3O3/c19-10-3-1-9(2-4-10)14(20)7-12-15(21)18-11-5-6-16-8-13(11)17-12/h1-6,8,19H,7H2,(H,18,21). The van der Waals surface area contributed by atoms with E-state index in [0.717, 1.165) is 0 Å². The summed E-state index contributed by atoms with van der Waals surface area (Å²) < 4.78 is 0. The molecule has 2 N–H and O–H groups in total. The van der Waals surface area contributed by atoms with Crippen LogP contribution in [0.2, 0.25) is 0 Å². The number of carbonyl (C=O) groups excluding carboxylic acids is 1. The van der Waals surface area contributed by atoms with Gasteiger partial charge in [0.25, 0.3) is 5.56 Å². The van der Waals surface area contributed by atoms with Crippen LogP contribution in [0.3, 0.4) is 0 Å². The Hall–Kier alpha value is -3.02. The molecule has 0 fully saturated rings. The van der Waals surface area contributed by atoms with E-state index in [1.54, 1.807) is 12.3 Å². The smallest absolute Gasteiger partial charge is 0.270 e. The average Bonchev–Trinajstić information content (AvgIpc) is 2.48. The largest absolute Gasteiger partial charge is 0.508 e. The topological polar surface area (TPSA) is 95.9 Å². The number of rotatable bonds is 3. The zero-order valence-corrected chi connectivity index (χ0v) is 10.9. The van der Waals surface area contributed by atoms with Gasteiger partial charge in [-0.05, 0) is 30.3 Å². The number of hydrogen-bond acceptors (Lipinski definition) is 5. The molecule has 2 aromatic heterocycles. The van der Waals surface area contributed by atoms with Crippen molar-refractivity contribution in [1.82, 2.24) is 15.0 Å². The van der Waals surface area contributed by atoms with Gasteiger partial charge in [-0.15, -0.1) is 0 Å². The molecule has 0 aliphatic rings. The number of aromatic amines is 1. The average molecular weight is 281 g/mol. The number of fused-ring (bicyclic) bond motifs is 1. The van der Waals surface area contributed by atoms with Crippen LogP contribution >= 0.6 is 0 Å². The first-order chi connectivity index (χ1) is 10.1. The first-order valence-corrected chi connectivity index (χ1v) is 6.28. The Morgan fingerprint density at radius 1 is 1.19 bits per heavy atom. The lowest BCUT2D eigenvalue weighted by Crippen LogP contribution is -2.19. The lowest BCUT2D eigenvalue weighted by atomic mass is 10.1. The molecule has 2 heterocycles. The fourth-order valence-corrected chi connectivity index (χ4v) is 1.99. The third-order valence-electron chi connectivity index (χ3n) is 3.08. The summed E-state index contributed by atoms with van der Waals surface area (Å²) in [6, 6.07) is 7.52. The highest BCUT2D eigenvalue weighted by Gasteiger charge is 2.12. The molecule has 0 spiro atoms. The highest BCUT2D eigenvalue weighted by Crippen LogP contribution is 2.12. The SMILES string of the molecule is O=C(Cc1nc2cnccc2[nH]c1=O)c1ccc(O)cc1. The summed E-state index contributed by atoms with van der Waals surface area (Å²) in [6.07, 6.45) is 2.98. The third kappa shape index (κ3) is 2.64. The van der Waals surface area contributed by atoms with E-state index in [1.165, 1.54) is 30.5 Å². The predicted octanol–water partition coefficient (Wildman–Crippen LogP) is 1.45. The van der Waals surface area contributed by atoms with E-state index < -0.39 is 0 Å². The summed E-state index contributed by atoms with van der Waals surface area (Å²) in [4.78, 5) is 34.8. The van der Waals surface area contributed by atoms with Crippen LogP contribution in [-0.2, 0) is 6.42 Å². The molecule has 0 atom stereocenters. The number of phenols is 1. The molecule has 0 saturated carbocycles. The van der Waals surface area contributed by atoms with Crippen molar-refractivity contribution < 1.29 is 9.90 Å². The number of hydrogen-bond donors (Lipinski definition) is 2. The van der Waals surface area contributed by atoms with Crippen LogP contribution in [0.1, 0.15) is 16.1 Å². The predicted molar refractivity (Wildman–Crippen MR) is 76.3 cm³/mol. The van der Waals surface area contributed by atoms with Gasteiger partial charge in [0.1, 0.15) is 17.0 Å². The van der Waals surface area contributed by atoms with Crippen molar-refractivity contribution in [1.29, 1.82) is 0 Å². The quantitative estimate of drug-likeness (QED) is 0.708. The Bertz CT molecular complexity index is 869. The summed E-state index contributed by atoms with van der Waals surface area (Å²) in [6.45, 7) is 0. The second-order valence-corrected chi connectivity index (χ2v) is 4.55. The molecular formula is C15H11N3O3. The molecule has 1 aromatic carbocycles. The van der Waals surface area contributed by atoms with E-state index >= 15 is 0 Å². The number of aromatic nitrogens is 3. The maximum Gasteiger partial charge on any atom is 0.270 e. The summed E-state index contributed by atoms with van der Waals surface area (Å²) in [5, 5.41) is 9.21. The minimum Gasteiger partial charge on any atom is -0.508 e. The number of aromatic hydroxyl groups is 1. The highest BCUT2D eigenvalue weighted by atomic mass is 16.3. The van der Waals surface area contributed by atoms with Crippen molar-refractivity contribution in [2.24, 2.45) is 0 Å². The molecule has 0 bridgehead atoms. The van der Waals surface area contributed by atoms with Gasteiger partial charge >= 0.3 is 0 Å². The lowest BCUT2D eigenvalue weighted by Gasteiger charge is -2.02. The van der Waals surface area contributed by atoms with Gasteiger partial charge in [-0.2, -0.15) is 0 Å². The molecular weight excluding hydrogens is 270 g/mol. The van der Waals surface area contributed by atoms with Gasteiger partial charge < -0.3 is 10.1 Å². The van der Waals surface area contributed by atoms with Crippen molar-refractivity contribution in [2.45, 2.75) is 6.42 Å². The van der Waals surface area contributed by atoms with Crippen LogP contribution < -0.4 is 5.56 Å². The molecule has 6 heteroatoms. The molecule has 0 saturated heterocycles. The molecule has 3 rings (SSSR count). The Labute approximate surface area is 119 Å². The number of pyridine rings is 1. The normalized spacial score (nSPS) is 10.7. The zero-order valence-electron chi connectivity index (χ0n) is 10.9. The fraction of sp³-hybridized carbons (Fsp3) is 0.0667. The summed E-state index contributed by atoms with van der Waals surface area (Å²) >= 11 is 0. The molecule has 21 heavy (non-hydrogen) atoms. The maximum absolute atomic E-state index is 12.1. The molecule has 0 unspecified atom stereocenters. The minimum atomic E-state index is -0.388. The zero-order chi connectivity index (χ0) is 14.8. The summed E-state index contributed by atoms with van der Waals surface area (Å²) in [5.41, 5.74) is 1.29. The Balaban J connectivity index is 1.94. The number of carbonyl (C=O) groups is 1. The number of nitrogens with one attached hydrogen (secondary N) is 1. The van der Waals surface area contributed by atoms with E-state index in [9.17, 15) is 14.7 Å². The van der Waals surface area contributed by atoms with E-state index in [0.29, 0.717) is 16.6 Å². The highest BCUT2D eigenvalue weighted by molar-refractivity contribution is 5.97. The van der Waals surface area contributed by atoms with Crippen molar-refractivity contribution in [2.75, 3.05) is 0 Å². The van der Waals surface area contributed by atoms with Crippen molar-refractivity contribution in [3.63, 3.8) is 0 Å². The van der Waals surface area contributed by atoms with Gasteiger partial charge in [0.2, 0.25) is 0 Å². The molecule has 3 aromatic rings. The van der Waals surface area contributed by atoms with Gasteiger partial charge in [-0.3, -0.25) is 14.6 Å². The molecule has 104 valence electrons. The number of H-pyrrole nitrogens is 1. The van der Waals surface area contributed by atoms with Gasteiger partial charge in [-0.1, -0.05) is 0 Å². The van der Waals surface area contributed by atoms with Crippen LogP contribution in [0, 0.1) is 0 Å². The number of ketones is 1. The molecule has 0 amide bonds. The Morgan fingerprint density at radius 2 is 1.95 bits per heavy atom. The van der Waals surface area contributed by atoms with Crippen LogP contribution in [0.5, 0.6) is 5.75 Å². The van der Waals surface area contributed by atoms with Gasteiger partial charge in [-0.25, -0.2) is 4.98 Å². The Morgan fingerprint density at radius 3 is 2.71 bits per heavy atom. The van der Waals surface area contributed by atoms with Crippen LogP contribution in [0.15, 0.2) is 47.5 Å². The number of nitrogens with zero attached hydrogens (tertiary/aromatic N) is 2. The Kier molecular flexibility index (Phi) is 3.19. The summed E-state index contributed by atoms with van der Waals surface area (Å²) in [7, 11) is 0. The van der Waals surface area contributed by atoms with E-state index in [1.807, 2.05) is 0 Å². The minimum absolute atomic E-state index is 0.0827. The monoisotopic (exact) mass is 281 g/mol. The third-order valence-corrected chi connectivity index (χ3v) is 3.08. The van der Waals surface area contributed by atoms with Crippen molar-refractivity contribution in [3.8, 4) is 5.75 Å². The van der Waals surface area contributed by atoms with Gasteiger partial charge in [0.15, 0.2) is 5.78 Å².